The fourth-order valence-corrected chi connectivity index (χ4v) is 7.92. The Morgan fingerprint density at radius 1 is 0.875 bits per heavy atom. The lowest BCUT2D eigenvalue weighted by Crippen LogP contribution is -2.59. The molecular formula is C27H37NO4. The topological polar surface area (TPSA) is 40.2 Å². The van der Waals surface area contributed by atoms with Crippen molar-refractivity contribution in [3.05, 3.63) is 29.8 Å². The number of hydrogen-bond donors (Lipinski definition) is 0. The Labute approximate surface area is 191 Å². The molecule has 0 aromatic heterocycles. The zero-order valence-electron chi connectivity index (χ0n) is 19.2. The molecule has 8 rings (SSSR count). The summed E-state index contributed by atoms with van der Waals surface area (Å²) in [5.74, 6) is 3.52. The van der Waals surface area contributed by atoms with E-state index in [1.165, 1.54) is 57.2 Å². The van der Waals surface area contributed by atoms with E-state index in [1.54, 1.807) is 0 Å². The summed E-state index contributed by atoms with van der Waals surface area (Å²) in [6.45, 7) is 4.28. The Kier molecular flexibility index (Phi) is 4.87. The second kappa shape index (κ2) is 7.69. The molecule has 32 heavy (non-hydrogen) atoms. The van der Waals surface area contributed by atoms with Gasteiger partial charge in [-0.25, -0.2) is 0 Å². The van der Waals surface area contributed by atoms with Crippen LogP contribution in [0.4, 0.5) is 0 Å². The van der Waals surface area contributed by atoms with E-state index in [0.29, 0.717) is 17.8 Å². The van der Waals surface area contributed by atoms with E-state index >= 15 is 0 Å². The van der Waals surface area contributed by atoms with Crippen molar-refractivity contribution in [1.82, 2.24) is 4.90 Å². The predicted molar refractivity (Wildman–Crippen MR) is 120 cm³/mol. The maximum Gasteiger partial charge on any atom is 0.210 e. The van der Waals surface area contributed by atoms with Crippen molar-refractivity contribution in [3.63, 3.8) is 0 Å². The Hall–Kier alpha value is -1.14. The van der Waals surface area contributed by atoms with Crippen LogP contribution in [0.25, 0.3) is 0 Å². The van der Waals surface area contributed by atoms with E-state index in [0.717, 1.165) is 56.4 Å². The van der Waals surface area contributed by atoms with Gasteiger partial charge in [-0.05, 0) is 99.9 Å². The first-order valence-corrected chi connectivity index (χ1v) is 13.2. The molecule has 2 spiro atoms. The molecule has 5 aliphatic carbocycles. The van der Waals surface area contributed by atoms with Crippen LogP contribution in [0.15, 0.2) is 24.3 Å². The maximum absolute atomic E-state index is 6.87. The highest BCUT2D eigenvalue weighted by Crippen LogP contribution is 2.64. The van der Waals surface area contributed by atoms with Gasteiger partial charge in [0.25, 0.3) is 0 Å². The minimum atomic E-state index is -0.508. The summed E-state index contributed by atoms with van der Waals surface area (Å²) >= 11 is 0. The fourth-order valence-electron chi connectivity index (χ4n) is 7.92. The zero-order chi connectivity index (χ0) is 21.2. The van der Waals surface area contributed by atoms with Gasteiger partial charge in [-0.1, -0.05) is 12.1 Å². The van der Waals surface area contributed by atoms with Crippen molar-refractivity contribution in [3.8, 4) is 5.75 Å². The molecule has 5 saturated carbocycles. The lowest BCUT2D eigenvalue weighted by Gasteiger charge is -2.57. The summed E-state index contributed by atoms with van der Waals surface area (Å²) in [5, 5.41) is 0. The Balaban J connectivity index is 0.957. The largest absolute Gasteiger partial charge is 0.492 e. The van der Waals surface area contributed by atoms with Crippen molar-refractivity contribution < 1.29 is 19.2 Å². The molecule has 0 amide bonds. The highest BCUT2D eigenvalue weighted by molar-refractivity contribution is 5.30. The molecule has 5 nitrogen and oxygen atoms in total. The number of ether oxygens (including phenoxy) is 2. The van der Waals surface area contributed by atoms with Gasteiger partial charge in [0.05, 0.1) is 0 Å². The van der Waals surface area contributed by atoms with Crippen LogP contribution >= 0.6 is 0 Å². The molecule has 2 saturated heterocycles. The SMILES string of the molecule is c1cc(C2CCC3(CC2)OOC2(O3)C3CC4CC(C3)CC2C4)ccc1OCCN1CCC1. The van der Waals surface area contributed by atoms with Crippen LogP contribution in [0.5, 0.6) is 5.75 Å². The van der Waals surface area contributed by atoms with E-state index < -0.39 is 11.6 Å². The van der Waals surface area contributed by atoms with E-state index in [2.05, 4.69) is 29.2 Å². The lowest BCUT2D eigenvalue weighted by molar-refractivity contribution is -0.390. The fraction of sp³-hybridized carbons (Fsp3) is 0.778. The molecule has 2 heterocycles. The van der Waals surface area contributed by atoms with Crippen LogP contribution in [0.3, 0.4) is 0 Å². The van der Waals surface area contributed by atoms with Gasteiger partial charge in [-0.3, -0.25) is 4.90 Å². The minimum absolute atomic E-state index is 0.435. The average Bonchev–Trinajstić information content (AvgIpc) is 3.14. The lowest BCUT2D eigenvalue weighted by atomic mass is 9.53. The minimum Gasteiger partial charge on any atom is -0.492 e. The van der Waals surface area contributed by atoms with Gasteiger partial charge in [0.15, 0.2) is 0 Å². The normalized spacial score (nSPS) is 44.9. The van der Waals surface area contributed by atoms with Crippen LogP contribution in [0.1, 0.15) is 75.7 Å². The summed E-state index contributed by atoms with van der Waals surface area (Å²) in [7, 11) is 0. The quantitative estimate of drug-likeness (QED) is 0.586. The van der Waals surface area contributed by atoms with E-state index in [4.69, 9.17) is 19.2 Å². The molecule has 7 fully saturated rings. The highest BCUT2D eigenvalue weighted by atomic mass is 17.3. The molecule has 0 atom stereocenters. The Morgan fingerprint density at radius 3 is 2.19 bits per heavy atom. The first-order valence-electron chi connectivity index (χ1n) is 13.2. The third-order valence-electron chi connectivity index (χ3n) is 9.67. The van der Waals surface area contributed by atoms with Gasteiger partial charge in [0, 0.05) is 31.2 Å². The first-order chi connectivity index (χ1) is 15.7. The number of likely N-dealkylation sites (tertiary alicyclic amines) is 1. The summed E-state index contributed by atoms with van der Waals surface area (Å²) in [4.78, 5) is 14.7. The van der Waals surface area contributed by atoms with Crippen molar-refractivity contribution >= 4 is 0 Å². The molecule has 5 heteroatoms. The third-order valence-corrected chi connectivity index (χ3v) is 9.67. The monoisotopic (exact) mass is 439 g/mol. The van der Waals surface area contributed by atoms with Gasteiger partial charge >= 0.3 is 0 Å². The average molecular weight is 440 g/mol. The molecule has 1 aromatic rings. The van der Waals surface area contributed by atoms with Crippen LogP contribution in [0, 0.1) is 23.7 Å². The van der Waals surface area contributed by atoms with Crippen LogP contribution in [0.2, 0.25) is 0 Å². The molecule has 0 radical (unpaired) electrons. The summed E-state index contributed by atoms with van der Waals surface area (Å²) < 4.78 is 12.8. The molecular weight excluding hydrogens is 402 g/mol. The molecule has 0 unspecified atom stereocenters. The molecule has 4 bridgehead atoms. The maximum atomic E-state index is 6.87. The summed E-state index contributed by atoms with van der Waals surface area (Å²) in [5.41, 5.74) is 1.41. The number of hydrogen-bond acceptors (Lipinski definition) is 5. The van der Waals surface area contributed by atoms with Gasteiger partial charge in [-0.2, -0.15) is 9.78 Å². The number of benzene rings is 1. The highest BCUT2D eigenvalue weighted by Gasteiger charge is 2.66. The van der Waals surface area contributed by atoms with Crippen LogP contribution < -0.4 is 4.74 Å². The Bertz CT molecular complexity index is 799. The summed E-state index contributed by atoms with van der Waals surface area (Å²) in [6, 6.07) is 8.80. The van der Waals surface area contributed by atoms with E-state index in [9.17, 15) is 0 Å². The van der Waals surface area contributed by atoms with Gasteiger partial charge in [-0.15, -0.1) is 0 Å². The van der Waals surface area contributed by atoms with Gasteiger partial charge < -0.3 is 9.47 Å². The molecule has 1 aromatic carbocycles. The van der Waals surface area contributed by atoms with Crippen molar-refractivity contribution in [2.45, 2.75) is 81.7 Å². The van der Waals surface area contributed by atoms with E-state index in [1.807, 2.05) is 0 Å². The van der Waals surface area contributed by atoms with Gasteiger partial charge in [0.1, 0.15) is 12.4 Å². The second-order valence-electron chi connectivity index (χ2n) is 11.6. The summed E-state index contributed by atoms with van der Waals surface area (Å²) in [6.07, 6.45) is 11.9. The first kappa shape index (κ1) is 20.3. The van der Waals surface area contributed by atoms with E-state index in [-0.39, 0.29) is 0 Å². The van der Waals surface area contributed by atoms with Crippen LogP contribution in [-0.2, 0) is 14.5 Å². The van der Waals surface area contributed by atoms with Crippen LogP contribution in [-0.4, -0.2) is 42.7 Å². The van der Waals surface area contributed by atoms with Crippen molar-refractivity contribution in [2.75, 3.05) is 26.2 Å². The third kappa shape index (κ3) is 3.34. The number of rotatable bonds is 5. The molecule has 7 aliphatic rings. The molecule has 174 valence electrons. The standard InChI is InChI=1S/C27H37NO4/c1-10-28(11-1)12-13-29-25-4-2-21(3-5-25)22-6-8-26(9-7-22)30-27(32-31-26)23-15-19-14-20(17-23)18-24(27)16-19/h2-5,19-20,22-24H,1,6-18H2. The molecule has 2 aliphatic heterocycles. The van der Waals surface area contributed by atoms with Crippen molar-refractivity contribution in [2.24, 2.45) is 23.7 Å². The molecule has 0 N–H and O–H groups in total. The van der Waals surface area contributed by atoms with Crippen molar-refractivity contribution in [1.29, 1.82) is 0 Å². The second-order valence-corrected chi connectivity index (χ2v) is 11.6. The Morgan fingerprint density at radius 2 is 1.56 bits per heavy atom. The van der Waals surface area contributed by atoms with Gasteiger partial charge in [0.2, 0.25) is 11.6 Å². The number of nitrogens with zero attached hydrogens (tertiary/aromatic N) is 1. The smallest absolute Gasteiger partial charge is 0.210 e. The zero-order valence-corrected chi connectivity index (χ0v) is 19.2. The predicted octanol–water partition coefficient (Wildman–Crippen LogP) is 5.26.